The van der Waals surface area contributed by atoms with Crippen LogP contribution in [-0.2, 0) is 0 Å². The van der Waals surface area contributed by atoms with Gasteiger partial charge in [-0.25, -0.2) is 0 Å². The average molecular weight is 346 g/mol. The van der Waals surface area contributed by atoms with E-state index in [0.29, 0.717) is 10.1 Å². The monoisotopic (exact) mass is 345 g/mol. The highest BCUT2D eigenvalue weighted by Crippen LogP contribution is 2.17. The summed E-state index contributed by atoms with van der Waals surface area (Å²) in [6.45, 7) is 6.11. The summed E-state index contributed by atoms with van der Waals surface area (Å²) < 4.78 is 0. The predicted octanol–water partition coefficient (Wildman–Crippen LogP) is 4.81. The lowest BCUT2D eigenvalue weighted by molar-refractivity contribution is 0.847. The lowest BCUT2D eigenvalue weighted by Gasteiger charge is -2.16. The van der Waals surface area contributed by atoms with E-state index in [9.17, 15) is 0 Å². The number of nitrogens with one attached hydrogen (secondary N) is 3. The van der Waals surface area contributed by atoms with E-state index in [1.165, 1.54) is 11.1 Å². The number of anilines is 1. The van der Waals surface area contributed by atoms with Gasteiger partial charge in [0.15, 0.2) is 5.11 Å². The molecule has 23 heavy (non-hydrogen) atoms. The van der Waals surface area contributed by atoms with Gasteiger partial charge < -0.3 is 5.32 Å². The van der Waals surface area contributed by atoms with Crippen LogP contribution in [0.2, 0.25) is 5.02 Å². The number of hydrazine groups is 1. The zero-order valence-corrected chi connectivity index (χ0v) is 15.0. The van der Waals surface area contributed by atoms with Crippen LogP contribution >= 0.6 is 23.8 Å². The predicted molar refractivity (Wildman–Crippen MR) is 104 cm³/mol. The highest BCUT2D eigenvalue weighted by molar-refractivity contribution is 7.80. The van der Waals surface area contributed by atoms with Crippen LogP contribution in [-0.4, -0.2) is 5.11 Å². The van der Waals surface area contributed by atoms with Crippen molar-refractivity contribution in [2.75, 3.05) is 5.32 Å². The number of thiocarbonyl (C=S) groups is 1. The minimum Gasteiger partial charge on any atom is -0.331 e. The van der Waals surface area contributed by atoms with Crippen LogP contribution in [0.5, 0.6) is 0 Å². The van der Waals surface area contributed by atoms with Crippen molar-refractivity contribution in [1.82, 2.24) is 10.9 Å². The fourth-order valence-corrected chi connectivity index (χ4v) is 2.43. The fraction of sp³-hybridized carbons (Fsp3) is 0.167. The Morgan fingerprint density at radius 3 is 2.48 bits per heavy atom. The van der Waals surface area contributed by atoms with E-state index in [1.807, 2.05) is 43.3 Å². The van der Waals surface area contributed by atoms with Gasteiger partial charge in [0.05, 0.1) is 5.70 Å². The Morgan fingerprint density at radius 1 is 1.04 bits per heavy atom. The van der Waals surface area contributed by atoms with E-state index in [0.717, 1.165) is 16.9 Å². The summed E-state index contributed by atoms with van der Waals surface area (Å²) in [5.74, 6) is 0. The third kappa shape index (κ3) is 4.98. The molecule has 120 valence electrons. The van der Waals surface area contributed by atoms with Gasteiger partial charge in [0, 0.05) is 16.3 Å². The third-order valence-corrected chi connectivity index (χ3v) is 3.94. The first-order chi connectivity index (χ1) is 11.0. The molecule has 0 atom stereocenters. The van der Waals surface area contributed by atoms with Crippen molar-refractivity contribution >= 4 is 40.3 Å². The first kappa shape index (κ1) is 17.3. The smallest absolute Gasteiger partial charge is 0.189 e. The van der Waals surface area contributed by atoms with Crippen LogP contribution in [0.25, 0.3) is 5.70 Å². The molecule has 0 amide bonds. The molecule has 0 bridgehead atoms. The minimum atomic E-state index is 0.495. The Labute approximate surface area is 147 Å². The molecule has 2 aromatic carbocycles. The molecule has 0 saturated heterocycles. The van der Waals surface area contributed by atoms with Gasteiger partial charge in [-0.05, 0) is 68.4 Å². The summed E-state index contributed by atoms with van der Waals surface area (Å²) in [6.07, 6.45) is 1.96. The van der Waals surface area contributed by atoms with E-state index < -0.39 is 0 Å². The second-order valence-electron chi connectivity index (χ2n) is 5.22. The molecule has 0 spiro atoms. The zero-order chi connectivity index (χ0) is 16.8. The van der Waals surface area contributed by atoms with E-state index in [4.69, 9.17) is 23.8 Å². The summed E-state index contributed by atoms with van der Waals surface area (Å²) in [5.41, 5.74) is 11.4. The normalized spacial score (nSPS) is 11.0. The largest absolute Gasteiger partial charge is 0.331 e. The number of rotatable bonds is 4. The second-order valence-corrected chi connectivity index (χ2v) is 6.06. The third-order valence-electron chi connectivity index (χ3n) is 3.50. The molecule has 0 saturated carbocycles. The topological polar surface area (TPSA) is 36.1 Å². The van der Waals surface area contributed by atoms with Crippen LogP contribution in [0.3, 0.4) is 0 Å². The Kier molecular flexibility index (Phi) is 6.02. The van der Waals surface area contributed by atoms with Crippen LogP contribution < -0.4 is 16.2 Å². The van der Waals surface area contributed by atoms with Crippen molar-refractivity contribution in [2.24, 2.45) is 0 Å². The number of hydrogen-bond donors (Lipinski definition) is 3. The standard InChI is InChI=1S/C18H20ClN3S/c1-4-17(14-6-5-7-15(19)11-14)21-22-18(23)20-16-9-8-12(2)13(3)10-16/h4-11,21H,1-3H3,(H2,20,22,23)/b17-4-. The maximum Gasteiger partial charge on any atom is 0.189 e. The Morgan fingerprint density at radius 2 is 1.83 bits per heavy atom. The van der Waals surface area contributed by atoms with Crippen molar-refractivity contribution in [3.05, 3.63) is 70.3 Å². The number of aryl methyl sites for hydroxylation is 2. The lowest BCUT2D eigenvalue weighted by Crippen LogP contribution is -2.39. The number of halogens is 1. The highest BCUT2D eigenvalue weighted by Gasteiger charge is 2.03. The molecule has 3 N–H and O–H groups in total. The molecule has 0 fully saturated rings. The zero-order valence-electron chi connectivity index (χ0n) is 13.4. The number of benzene rings is 2. The molecule has 0 aliphatic heterocycles. The van der Waals surface area contributed by atoms with Crippen molar-refractivity contribution < 1.29 is 0 Å². The summed E-state index contributed by atoms with van der Waals surface area (Å²) in [4.78, 5) is 0. The van der Waals surface area contributed by atoms with E-state index in [1.54, 1.807) is 0 Å². The van der Waals surface area contributed by atoms with E-state index in [2.05, 4.69) is 42.1 Å². The molecule has 3 nitrogen and oxygen atoms in total. The van der Waals surface area contributed by atoms with Gasteiger partial charge in [0.25, 0.3) is 0 Å². The Bertz CT molecular complexity index is 741. The molecule has 0 aliphatic carbocycles. The van der Waals surface area contributed by atoms with Gasteiger partial charge >= 0.3 is 0 Å². The van der Waals surface area contributed by atoms with Crippen LogP contribution in [0.1, 0.15) is 23.6 Å². The van der Waals surface area contributed by atoms with Gasteiger partial charge in [0.1, 0.15) is 0 Å². The molecule has 0 unspecified atom stereocenters. The number of hydrogen-bond acceptors (Lipinski definition) is 2. The van der Waals surface area contributed by atoms with E-state index >= 15 is 0 Å². The van der Waals surface area contributed by atoms with Gasteiger partial charge in [-0.2, -0.15) is 0 Å². The van der Waals surface area contributed by atoms with Crippen LogP contribution in [0.15, 0.2) is 48.5 Å². The van der Waals surface area contributed by atoms with Gasteiger partial charge in [0.2, 0.25) is 0 Å². The maximum absolute atomic E-state index is 6.03. The van der Waals surface area contributed by atoms with E-state index in [-0.39, 0.29) is 0 Å². The summed E-state index contributed by atoms with van der Waals surface area (Å²) in [6, 6.07) is 13.8. The minimum absolute atomic E-state index is 0.495. The van der Waals surface area contributed by atoms with Crippen molar-refractivity contribution in [2.45, 2.75) is 20.8 Å². The van der Waals surface area contributed by atoms with Gasteiger partial charge in [-0.3, -0.25) is 10.9 Å². The van der Waals surface area contributed by atoms with Crippen molar-refractivity contribution in [3.8, 4) is 0 Å². The van der Waals surface area contributed by atoms with Crippen molar-refractivity contribution in [1.29, 1.82) is 0 Å². The second kappa shape index (κ2) is 7.99. The average Bonchev–Trinajstić information content (AvgIpc) is 2.52. The first-order valence-corrected chi connectivity index (χ1v) is 8.10. The fourth-order valence-electron chi connectivity index (χ4n) is 2.07. The molecule has 2 aromatic rings. The lowest BCUT2D eigenvalue weighted by atomic mass is 10.1. The molecule has 5 heteroatoms. The SMILES string of the molecule is C/C=C(\NNC(=S)Nc1ccc(C)c(C)c1)c1cccc(Cl)c1. The number of allylic oxidation sites excluding steroid dienone is 1. The maximum atomic E-state index is 6.03. The molecule has 0 heterocycles. The first-order valence-electron chi connectivity index (χ1n) is 7.32. The Hall–Kier alpha value is -2.04. The molecular weight excluding hydrogens is 326 g/mol. The van der Waals surface area contributed by atoms with Crippen LogP contribution in [0, 0.1) is 13.8 Å². The Balaban J connectivity index is 1.96. The summed E-state index contributed by atoms with van der Waals surface area (Å²) >= 11 is 11.3. The highest BCUT2D eigenvalue weighted by atomic mass is 35.5. The quantitative estimate of drug-likeness (QED) is 0.549. The molecule has 0 aliphatic rings. The molecule has 2 rings (SSSR count). The van der Waals surface area contributed by atoms with Gasteiger partial charge in [-0.1, -0.05) is 35.9 Å². The molecule has 0 aromatic heterocycles. The van der Waals surface area contributed by atoms with Crippen molar-refractivity contribution in [3.63, 3.8) is 0 Å². The molecule has 0 radical (unpaired) electrons. The summed E-state index contributed by atoms with van der Waals surface area (Å²) in [7, 11) is 0. The summed E-state index contributed by atoms with van der Waals surface area (Å²) in [5, 5.41) is 4.35. The van der Waals surface area contributed by atoms with Gasteiger partial charge in [-0.15, -0.1) is 0 Å². The molecular formula is C18H20ClN3S. The van der Waals surface area contributed by atoms with Crippen LogP contribution in [0.4, 0.5) is 5.69 Å².